The third kappa shape index (κ3) is 3.62. The fourth-order valence-corrected chi connectivity index (χ4v) is 5.44. The number of carbonyl (C=O) groups is 2. The predicted molar refractivity (Wildman–Crippen MR) is 135 cm³/mol. The topological polar surface area (TPSA) is 65.9 Å². The third-order valence-corrected chi connectivity index (χ3v) is 7.92. The number of likely N-dealkylation sites (tertiary alicyclic amines) is 1. The zero-order chi connectivity index (χ0) is 23.7. The molecule has 1 aromatic heterocycles. The van der Waals surface area contributed by atoms with Crippen LogP contribution in [0.15, 0.2) is 59.6 Å². The molecule has 1 saturated heterocycles. The van der Waals surface area contributed by atoms with Crippen molar-refractivity contribution in [1.82, 2.24) is 14.8 Å². The SMILES string of the molecule is O=C(C1CC1)N1CC(CN2C(=O)C3(CC3)N=C2c2ccc(-c3ccc4ccc(Cl)nc4c3)cc2)C1. The van der Waals surface area contributed by atoms with Crippen molar-refractivity contribution in [3.05, 3.63) is 65.3 Å². The van der Waals surface area contributed by atoms with Crippen molar-refractivity contribution in [3.8, 4) is 11.1 Å². The minimum absolute atomic E-state index is 0.126. The maximum Gasteiger partial charge on any atom is 0.256 e. The molecule has 2 saturated carbocycles. The van der Waals surface area contributed by atoms with Crippen LogP contribution in [0, 0.1) is 11.8 Å². The lowest BCUT2D eigenvalue weighted by Crippen LogP contribution is -2.55. The molecule has 3 aromatic rings. The molecule has 3 heterocycles. The molecular formula is C28H25ClN4O2. The number of nitrogens with zero attached hydrogens (tertiary/aromatic N) is 4. The van der Waals surface area contributed by atoms with Gasteiger partial charge in [-0.15, -0.1) is 0 Å². The van der Waals surface area contributed by atoms with Gasteiger partial charge >= 0.3 is 0 Å². The van der Waals surface area contributed by atoms with Crippen LogP contribution in [0.5, 0.6) is 0 Å². The van der Waals surface area contributed by atoms with E-state index in [1.807, 2.05) is 21.9 Å². The number of hydrogen-bond acceptors (Lipinski definition) is 4. The predicted octanol–water partition coefficient (Wildman–Crippen LogP) is 4.55. The number of carbonyl (C=O) groups excluding carboxylic acids is 2. The van der Waals surface area contributed by atoms with E-state index in [1.165, 1.54) is 0 Å². The van der Waals surface area contributed by atoms with Crippen LogP contribution in [-0.4, -0.2) is 57.6 Å². The Balaban J connectivity index is 1.11. The summed E-state index contributed by atoms with van der Waals surface area (Å²) in [6.45, 7) is 2.13. The summed E-state index contributed by atoms with van der Waals surface area (Å²) >= 11 is 6.08. The Morgan fingerprint density at radius 1 is 0.971 bits per heavy atom. The number of hydrogen-bond donors (Lipinski definition) is 0. The van der Waals surface area contributed by atoms with Gasteiger partial charge in [0, 0.05) is 42.4 Å². The zero-order valence-electron chi connectivity index (χ0n) is 19.3. The zero-order valence-corrected chi connectivity index (χ0v) is 20.0. The number of amidine groups is 1. The summed E-state index contributed by atoms with van der Waals surface area (Å²) in [7, 11) is 0. The first-order valence-corrected chi connectivity index (χ1v) is 12.7. The van der Waals surface area contributed by atoms with Crippen LogP contribution in [0.25, 0.3) is 22.0 Å². The minimum atomic E-state index is -0.537. The number of fused-ring (bicyclic) bond motifs is 1. The van der Waals surface area contributed by atoms with E-state index >= 15 is 0 Å². The van der Waals surface area contributed by atoms with Gasteiger partial charge in [0.15, 0.2) is 0 Å². The van der Waals surface area contributed by atoms with Gasteiger partial charge in [0.2, 0.25) is 5.91 Å². The molecule has 7 rings (SSSR count). The maximum atomic E-state index is 13.2. The summed E-state index contributed by atoms with van der Waals surface area (Å²) in [5.74, 6) is 1.77. The van der Waals surface area contributed by atoms with E-state index < -0.39 is 5.54 Å². The van der Waals surface area contributed by atoms with Gasteiger partial charge < -0.3 is 4.90 Å². The highest BCUT2D eigenvalue weighted by molar-refractivity contribution is 6.29. The Kier molecular flexibility index (Phi) is 4.59. The van der Waals surface area contributed by atoms with Crippen molar-refractivity contribution in [2.45, 2.75) is 31.2 Å². The van der Waals surface area contributed by atoms with Crippen LogP contribution < -0.4 is 0 Å². The lowest BCUT2D eigenvalue weighted by atomic mass is 9.97. The van der Waals surface area contributed by atoms with Gasteiger partial charge in [-0.25, -0.2) is 4.98 Å². The Bertz CT molecular complexity index is 1400. The summed E-state index contributed by atoms with van der Waals surface area (Å²) < 4.78 is 0. The number of benzene rings is 2. The highest BCUT2D eigenvalue weighted by Crippen LogP contribution is 2.46. The van der Waals surface area contributed by atoms with Gasteiger partial charge in [0.25, 0.3) is 5.91 Å². The normalized spacial score (nSPS) is 20.9. The standard InChI is InChI=1S/C28H25ClN4O2/c29-24-10-9-19-3-8-22(13-23(19)30-24)18-1-4-20(5-2-18)25-31-28(11-12-28)27(35)33(25)16-17-14-32(15-17)26(34)21-6-7-21/h1-5,8-10,13,17,21H,6-7,11-12,14-16H2. The quantitative estimate of drug-likeness (QED) is 0.499. The van der Waals surface area contributed by atoms with E-state index in [2.05, 4.69) is 41.4 Å². The average Bonchev–Trinajstić information content (AvgIpc) is 3.76. The summed E-state index contributed by atoms with van der Waals surface area (Å²) in [6, 6.07) is 18.2. The van der Waals surface area contributed by atoms with Crippen molar-refractivity contribution in [3.63, 3.8) is 0 Å². The van der Waals surface area contributed by atoms with E-state index in [-0.39, 0.29) is 11.8 Å². The largest absolute Gasteiger partial charge is 0.342 e. The fourth-order valence-electron chi connectivity index (χ4n) is 5.29. The highest BCUT2D eigenvalue weighted by atomic mass is 35.5. The molecule has 2 aromatic carbocycles. The van der Waals surface area contributed by atoms with Crippen LogP contribution >= 0.6 is 11.6 Å². The highest BCUT2D eigenvalue weighted by Gasteiger charge is 2.57. The van der Waals surface area contributed by atoms with Crippen LogP contribution in [0.4, 0.5) is 0 Å². The molecule has 0 N–H and O–H groups in total. The van der Waals surface area contributed by atoms with Crippen molar-refractivity contribution < 1.29 is 9.59 Å². The monoisotopic (exact) mass is 484 g/mol. The summed E-state index contributed by atoms with van der Waals surface area (Å²) in [5, 5.41) is 1.53. The molecule has 0 atom stereocenters. The molecule has 2 amide bonds. The second kappa shape index (κ2) is 7.62. The first-order valence-electron chi connectivity index (χ1n) is 12.4. The van der Waals surface area contributed by atoms with Gasteiger partial charge in [-0.2, -0.15) is 0 Å². The second-order valence-electron chi connectivity index (χ2n) is 10.4. The third-order valence-electron chi connectivity index (χ3n) is 7.71. The number of aromatic nitrogens is 1. The average molecular weight is 485 g/mol. The molecule has 0 radical (unpaired) electrons. The molecule has 176 valence electrons. The number of amides is 2. The van der Waals surface area contributed by atoms with Crippen molar-refractivity contribution in [2.75, 3.05) is 19.6 Å². The Morgan fingerprint density at radius 3 is 2.37 bits per heavy atom. The molecule has 0 unspecified atom stereocenters. The van der Waals surface area contributed by atoms with E-state index in [4.69, 9.17) is 16.6 Å². The Hall–Kier alpha value is -3.25. The molecule has 3 fully saturated rings. The second-order valence-corrected chi connectivity index (χ2v) is 10.8. The van der Waals surface area contributed by atoms with Crippen LogP contribution in [0.1, 0.15) is 31.2 Å². The molecular weight excluding hydrogens is 460 g/mol. The molecule has 4 aliphatic rings. The summed E-state index contributed by atoms with van der Waals surface area (Å²) in [4.78, 5) is 38.7. The van der Waals surface area contributed by atoms with E-state index in [9.17, 15) is 9.59 Å². The first-order chi connectivity index (χ1) is 17.0. The van der Waals surface area contributed by atoms with E-state index in [1.54, 1.807) is 6.07 Å². The van der Waals surface area contributed by atoms with Crippen LogP contribution in [-0.2, 0) is 9.59 Å². The molecule has 2 aliphatic heterocycles. The lowest BCUT2D eigenvalue weighted by Gasteiger charge is -2.41. The first kappa shape index (κ1) is 21.1. The van der Waals surface area contributed by atoms with Crippen molar-refractivity contribution in [1.29, 1.82) is 0 Å². The van der Waals surface area contributed by atoms with Crippen molar-refractivity contribution >= 4 is 40.2 Å². The molecule has 2 aliphatic carbocycles. The molecule has 0 bridgehead atoms. The van der Waals surface area contributed by atoms with E-state index in [0.29, 0.717) is 23.5 Å². The fraction of sp³-hybridized carbons (Fsp3) is 0.357. The molecule has 7 heteroatoms. The number of halogens is 1. The summed E-state index contributed by atoms with van der Waals surface area (Å²) in [6.07, 6.45) is 3.72. The van der Waals surface area contributed by atoms with Gasteiger partial charge in [0.05, 0.1) is 5.52 Å². The van der Waals surface area contributed by atoms with Gasteiger partial charge in [-0.3, -0.25) is 19.5 Å². The lowest BCUT2D eigenvalue weighted by molar-refractivity contribution is -0.139. The molecule has 35 heavy (non-hydrogen) atoms. The van der Waals surface area contributed by atoms with E-state index in [0.717, 1.165) is 72.2 Å². The maximum absolute atomic E-state index is 13.2. The van der Waals surface area contributed by atoms with Gasteiger partial charge in [-0.05, 0) is 55.0 Å². The Morgan fingerprint density at radius 2 is 1.66 bits per heavy atom. The molecule has 1 spiro atoms. The van der Waals surface area contributed by atoms with Crippen LogP contribution in [0.3, 0.4) is 0 Å². The number of aliphatic imine (C=N–C) groups is 1. The molecule has 6 nitrogen and oxygen atoms in total. The smallest absolute Gasteiger partial charge is 0.256 e. The van der Waals surface area contributed by atoms with Crippen molar-refractivity contribution in [2.24, 2.45) is 16.8 Å². The summed E-state index contributed by atoms with van der Waals surface area (Å²) in [5.41, 5.74) is 3.42. The minimum Gasteiger partial charge on any atom is -0.342 e. The Labute approximate surface area is 208 Å². The number of rotatable bonds is 5. The van der Waals surface area contributed by atoms with Gasteiger partial charge in [-0.1, -0.05) is 48.0 Å². The van der Waals surface area contributed by atoms with Crippen LogP contribution in [0.2, 0.25) is 5.15 Å². The number of pyridine rings is 1. The van der Waals surface area contributed by atoms with Gasteiger partial charge in [0.1, 0.15) is 16.5 Å².